The van der Waals surface area contributed by atoms with E-state index in [2.05, 4.69) is 10.6 Å². The minimum atomic E-state index is -3.22. The second kappa shape index (κ2) is 7.86. The van der Waals surface area contributed by atoms with Crippen molar-refractivity contribution in [2.45, 2.75) is 18.9 Å². The van der Waals surface area contributed by atoms with E-state index < -0.39 is 34.5 Å². The number of carbonyl (C=O) groups is 1. The Labute approximate surface area is 174 Å². The van der Waals surface area contributed by atoms with Crippen molar-refractivity contribution in [2.24, 2.45) is 0 Å². The second-order valence-electron chi connectivity index (χ2n) is 6.98. The van der Waals surface area contributed by atoms with Crippen molar-refractivity contribution in [3.05, 3.63) is 66.6 Å². The molecule has 30 heavy (non-hydrogen) atoms. The molecule has 1 atom stereocenters. The minimum Gasteiger partial charge on any atom is -0.505 e. The third kappa shape index (κ3) is 3.90. The van der Waals surface area contributed by atoms with Crippen LogP contribution in [0.4, 0.5) is 25.8 Å². The smallest absolute Gasteiger partial charge is 0.270 e. The Morgan fingerprint density at radius 2 is 1.80 bits per heavy atom. The summed E-state index contributed by atoms with van der Waals surface area (Å²) in [5.41, 5.74) is -2.43. The Bertz CT molecular complexity index is 1150. The highest BCUT2D eigenvalue weighted by atomic mass is 32.1. The van der Waals surface area contributed by atoms with Gasteiger partial charge in [-0.05, 0) is 23.6 Å². The van der Waals surface area contributed by atoms with Crippen LogP contribution in [0.1, 0.15) is 28.2 Å². The molecule has 0 aliphatic carbocycles. The predicted octanol–water partition coefficient (Wildman–Crippen LogP) is 3.30. The molecule has 1 aromatic heterocycles. The molecule has 0 aliphatic heterocycles. The molecule has 0 saturated carbocycles. The number of aromatic hydroxyl groups is 1. The molecule has 0 radical (unpaired) electrons. The van der Waals surface area contributed by atoms with Crippen LogP contribution in [0.3, 0.4) is 0 Å². The van der Waals surface area contributed by atoms with Gasteiger partial charge in [-0.2, -0.15) is 0 Å². The molecule has 0 spiro atoms. The lowest BCUT2D eigenvalue weighted by Crippen LogP contribution is -2.40. The van der Waals surface area contributed by atoms with Gasteiger partial charge in [-0.25, -0.2) is 8.78 Å². The SMILES string of the molecule is CN(C)C(=O)c1cccc(Nc2c(N[C@@H](c3cccs3)C(C)(F)F)c(=O)c2=O)c1O. The summed E-state index contributed by atoms with van der Waals surface area (Å²) in [5.74, 6) is -4.11. The standard InChI is InChI=1S/C20H19F2N3O4S/c1-20(21,22)18(12-8-5-9-30-12)24-14-13(16(27)17(14)28)23-11-7-4-6-10(15(11)26)19(29)25(2)3/h4-9,18,23-24,26H,1-3H3/t18-/m0/s1. The highest BCUT2D eigenvalue weighted by Crippen LogP contribution is 2.38. The summed E-state index contributed by atoms with van der Waals surface area (Å²) in [6.07, 6.45) is 0. The molecule has 0 unspecified atom stereocenters. The maximum atomic E-state index is 14.2. The number of halogens is 2. The summed E-state index contributed by atoms with van der Waals surface area (Å²) in [4.78, 5) is 37.9. The van der Waals surface area contributed by atoms with Crippen LogP contribution >= 0.6 is 11.3 Å². The van der Waals surface area contributed by atoms with Crippen LogP contribution in [0.2, 0.25) is 0 Å². The number of anilines is 3. The number of phenolic OH excluding ortho intramolecular Hbond substituents is 1. The van der Waals surface area contributed by atoms with Crippen molar-refractivity contribution >= 4 is 34.3 Å². The number of thiophene rings is 1. The molecule has 1 amide bonds. The van der Waals surface area contributed by atoms with Crippen molar-refractivity contribution in [3.8, 4) is 5.75 Å². The fourth-order valence-electron chi connectivity index (χ4n) is 2.89. The van der Waals surface area contributed by atoms with Gasteiger partial charge in [0.05, 0.1) is 11.3 Å². The third-order valence-electron chi connectivity index (χ3n) is 4.47. The monoisotopic (exact) mass is 435 g/mol. The minimum absolute atomic E-state index is 0.00576. The topological polar surface area (TPSA) is 98.7 Å². The number of carbonyl (C=O) groups excluding carboxylic acids is 1. The van der Waals surface area contributed by atoms with E-state index in [1.54, 1.807) is 11.4 Å². The van der Waals surface area contributed by atoms with Crippen molar-refractivity contribution in [2.75, 3.05) is 24.7 Å². The normalized spacial score (nSPS) is 12.6. The molecule has 10 heteroatoms. The highest BCUT2D eigenvalue weighted by Gasteiger charge is 2.38. The zero-order valence-electron chi connectivity index (χ0n) is 16.3. The van der Waals surface area contributed by atoms with Crippen LogP contribution in [0.15, 0.2) is 45.3 Å². The molecule has 158 valence electrons. The molecule has 3 rings (SSSR count). The van der Waals surface area contributed by atoms with Gasteiger partial charge in [0.15, 0.2) is 5.75 Å². The summed E-state index contributed by atoms with van der Waals surface area (Å²) >= 11 is 1.09. The van der Waals surface area contributed by atoms with Crippen LogP contribution in [0.5, 0.6) is 5.75 Å². The van der Waals surface area contributed by atoms with Gasteiger partial charge in [0.2, 0.25) is 0 Å². The number of hydrogen-bond donors (Lipinski definition) is 3. The van der Waals surface area contributed by atoms with E-state index >= 15 is 0 Å². The van der Waals surface area contributed by atoms with Gasteiger partial charge in [0, 0.05) is 25.9 Å². The summed E-state index contributed by atoms with van der Waals surface area (Å²) in [6, 6.07) is 5.86. The number of alkyl halides is 2. The number of benzene rings is 1. The number of phenols is 1. The summed E-state index contributed by atoms with van der Waals surface area (Å²) in [6.45, 7) is 0.713. The van der Waals surface area contributed by atoms with Gasteiger partial charge in [-0.3, -0.25) is 14.4 Å². The molecule has 0 bridgehead atoms. The van der Waals surface area contributed by atoms with Crippen LogP contribution in [-0.4, -0.2) is 35.9 Å². The third-order valence-corrected chi connectivity index (χ3v) is 5.40. The summed E-state index contributed by atoms with van der Waals surface area (Å²) < 4.78 is 28.3. The molecule has 0 aliphatic rings. The van der Waals surface area contributed by atoms with Crippen LogP contribution in [-0.2, 0) is 0 Å². The number of hydrogen-bond acceptors (Lipinski definition) is 7. The zero-order chi connectivity index (χ0) is 22.2. The van der Waals surface area contributed by atoms with Crippen LogP contribution < -0.4 is 21.5 Å². The number of para-hydroxylation sites is 1. The first-order valence-electron chi connectivity index (χ1n) is 8.84. The van der Waals surface area contributed by atoms with E-state index in [-0.39, 0.29) is 22.6 Å². The highest BCUT2D eigenvalue weighted by molar-refractivity contribution is 7.10. The Morgan fingerprint density at radius 3 is 2.37 bits per heavy atom. The first-order valence-corrected chi connectivity index (χ1v) is 9.72. The van der Waals surface area contributed by atoms with Crippen molar-refractivity contribution < 1.29 is 18.7 Å². The van der Waals surface area contributed by atoms with Gasteiger partial charge in [-0.1, -0.05) is 12.1 Å². The van der Waals surface area contributed by atoms with Crippen LogP contribution in [0, 0.1) is 0 Å². The molecule has 0 saturated heterocycles. The number of amides is 1. The van der Waals surface area contributed by atoms with Crippen molar-refractivity contribution in [1.82, 2.24) is 4.90 Å². The zero-order valence-corrected chi connectivity index (χ0v) is 17.1. The quantitative estimate of drug-likeness (QED) is 0.389. The van der Waals surface area contributed by atoms with E-state index in [1.165, 1.54) is 43.3 Å². The number of nitrogens with one attached hydrogen (secondary N) is 2. The van der Waals surface area contributed by atoms with Gasteiger partial charge in [0.1, 0.15) is 17.4 Å². The Hall–Kier alpha value is -3.27. The second-order valence-corrected chi connectivity index (χ2v) is 7.96. The first-order chi connectivity index (χ1) is 14.0. The maximum Gasteiger partial charge on any atom is 0.270 e. The molecule has 7 nitrogen and oxygen atoms in total. The molecular formula is C20H19F2N3O4S. The lowest BCUT2D eigenvalue weighted by molar-refractivity contribution is 0.00174. The molecule has 0 fully saturated rings. The predicted molar refractivity (Wildman–Crippen MR) is 112 cm³/mol. The van der Waals surface area contributed by atoms with Gasteiger partial charge >= 0.3 is 0 Å². The maximum absolute atomic E-state index is 14.2. The molecular weight excluding hydrogens is 416 g/mol. The van der Waals surface area contributed by atoms with Crippen LogP contribution in [0.25, 0.3) is 0 Å². The molecule has 1 heterocycles. The Morgan fingerprint density at radius 1 is 1.13 bits per heavy atom. The van der Waals surface area contributed by atoms with Gasteiger partial charge in [0.25, 0.3) is 22.7 Å². The molecule has 3 N–H and O–H groups in total. The average molecular weight is 435 g/mol. The molecule has 2 aromatic carbocycles. The lowest BCUT2D eigenvalue weighted by Gasteiger charge is -2.26. The van der Waals surface area contributed by atoms with E-state index in [0.717, 1.165) is 11.3 Å². The van der Waals surface area contributed by atoms with E-state index in [4.69, 9.17) is 0 Å². The largest absolute Gasteiger partial charge is 0.505 e. The number of nitrogens with zero attached hydrogens (tertiary/aromatic N) is 1. The van der Waals surface area contributed by atoms with Crippen molar-refractivity contribution in [3.63, 3.8) is 0 Å². The van der Waals surface area contributed by atoms with E-state index in [0.29, 0.717) is 11.8 Å². The average Bonchev–Trinajstić information content (AvgIpc) is 3.20. The fraction of sp³-hybridized carbons (Fsp3) is 0.250. The van der Waals surface area contributed by atoms with Crippen molar-refractivity contribution in [1.29, 1.82) is 0 Å². The summed E-state index contributed by atoms with van der Waals surface area (Å²) in [7, 11) is 3.02. The van der Waals surface area contributed by atoms with Gasteiger partial charge < -0.3 is 20.6 Å². The summed E-state index contributed by atoms with van der Waals surface area (Å²) in [5, 5.41) is 17.1. The van der Waals surface area contributed by atoms with Gasteiger partial charge in [-0.15, -0.1) is 11.3 Å². The lowest BCUT2D eigenvalue weighted by atomic mass is 10.1. The number of rotatable bonds is 7. The Kier molecular flexibility index (Phi) is 5.62. The fourth-order valence-corrected chi connectivity index (χ4v) is 3.76. The molecule has 3 aromatic rings. The first kappa shape index (κ1) is 21.4. The van der Waals surface area contributed by atoms with E-state index in [1.807, 2.05) is 0 Å². The van der Waals surface area contributed by atoms with E-state index in [9.17, 15) is 28.3 Å². The Balaban J connectivity index is 1.95.